The molecule has 0 bridgehead atoms. The van der Waals surface area contributed by atoms with E-state index >= 15 is 0 Å². The van der Waals surface area contributed by atoms with E-state index in [1.54, 1.807) is 18.2 Å². The van der Waals surface area contributed by atoms with Crippen molar-refractivity contribution in [2.24, 2.45) is 0 Å². The van der Waals surface area contributed by atoms with Crippen LogP contribution >= 0.6 is 0 Å². The quantitative estimate of drug-likeness (QED) is 0.462. The summed E-state index contributed by atoms with van der Waals surface area (Å²) in [7, 11) is 3.76. The molecule has 0 saturated carbocycles. The van der Waals surface area contributed by atoms with Gasteiger partial charge in [-0.25, -0.2) is 4.39 Å². The van der Waals surface area contributed by atoms with Gasteiger partial charge in [0.2, 0.25) is 0 Å². The van der Waals surface area contributed by atoms with Crippen molar-refractivity contribution in [1.29, 1.82) is 0 Å². The normalized spacial score (nSPS) is 15.3. The number of likely N-dealkylation sites (N-methyl/N-ethyl adjacent to an activating group) is 1. The summed E-state index contributed by atoms with van der Waals surface area (Å²) in [6, 6.07) is 9.10. The van der Waals surface area contributed by atoms with Gasteiger partial charge in [0.05, 0.1) is 5.56 Å². The monoisotopic (exact) mass is 451 g/mol. The number of nitrogens with one attached hydrogen (secondary N) is 4. The fourth-order valence-corrected chi connectivity index (χ4v) is 3.95. The summed E-state index contributed by atoms with van der Waals surface area (Å²) in [4.78, 5) is 42.2. The average molecular weight is 452 g/mol. The molecule has 1 atom stereocenters. The number of fused-ring (bicyclic) bond motifs is 3. The van der Waals surface area contributed by atoms with E-state index in [0.717, 1.165) is 22.5 Å². The molecule has 4 N–H and O–H groups in total. The Morgan fingerprint density at radius 2 is 1.94 bits per heavy atom. The minimum atomic E-state index is -0.717. The topological polar surface area (TPSA) is 106 Å². The molecule has 9 heteroatoms. The molecule has 0 radical (unpaired) electrons. The number of aromatic nitrogens is 1. The Morgan fingerprint density at radius 1 is 1.15 bits per heavy atom. The molecule has 172 valence electrons. The number of rotatable bonds is 6. The van der Waals surface area contributed by atoms with Crippen LogP contribution in [0.2, 0.25) is 0 Å². The van der Waals surface area contributed by atoms with Gasteiger partial charge in [-0.15, -0.1) is 0 Å². The van der Waals surface area contributed by atoms with Gasteiger partial charge in [-0.2, -0.15) is 0 Å². The molecule has 3 aromatic rings. The van der Waals surface area contributed by atoms with Crippen molar-refractivity contribution in [3.63, 3.8) is 0 Å². The van der Waals surface area contributed by atoms with E-state index in [9.17, 15) is 18.8 Å². The molecule has 1 aliphatic rings. The van der Waals surface area contributed by atoms with Crippen LogP contribution in [0, 0.1) is 5.82 Å². The number of nitrogens with zero attached hydrogens (tertiary/aromatic N) is 1. The zero-order chi connectivity index (χ0) is 23.7. The number of H-pyrrole nitrogens is 1. The van der Waals surface area contributed by atoms with E-state index in [2.05, 4.69) is 20.9 Å². The Balaban J connectivity index is 1.51. The molecule has 4 rings (SSSR count). The van der Waals surface area contributed by atoms with Gasteiger partial charge in [-0.05, 0) is 56.1 Å². The van der Waals surface area contributed by atoms with Crippen LogP contribution < -0.4 is 16.0 Å². The van der Waals surface area contributed by atoms with Gasteiger partial charge >= 0.3 is 0 Å². The predicted octanol–water partition coefficient (Wildman–Crippen LogP) is 2.70. The third-order valence-corrected chi connectivity index (χ3v) is 5.71. The zero-order valence-corrected chi connectivity index (χ0v) is 18.7. The maximum absolute atomic E-state index is 14.5. The molecule has 8 nitrogen and oxygen atoms in total. The zero-order valence-electron chi connectivity index (χ0n) is 18.7. The van der Waals surface area contributed by atoms with Crippen molar-refractivity contribution in [2.75, 3.05) is 39.0 Å². The van der Waals surface area contributed by atoms with Gasteiger partial charge in [0.1, 0.15) is 11.5 Å². The van der Waals surface area contributed by atoms with Gasteiger partial charge in [-0.3, -0.25) is 14.4 Å². The van der Waals surface area contributed by atoms with Crippen LogP contribution in [0.15, 0.2) is 36.4 Å². The number of carbonyl (C=O) groups is 3. The molecule has 3 amide bonds. The number of halogens is 1. The summed E-state index contributed by atoms with van der Waals surface area (Å²) >= 11 is 0. The Hall–Kier alpha value is -3.72. The Labute approximate surface area is 190 Å². The van der Waals surface area contributed by atoms with Crippen molar-refractivity contribution in [3.05, 3.63) is 64.6 Å². The molecule has 0 saturated heterocycles. The summed E-state index contributed by atoms with van der Waals surface area (Å²) in [5.74, 6) is -1.69. The number of hydrogen-bond acceptors (Lipinski definition) is 4. The summed E-state index contributed by atoms with van der Waals surface area (Å²) in [5, 5.41) is 8.99. The number of hydrogen-bond donors (Lipinski definition) is 4. The molecule has 0 fully saturated rings. The minimum absolute atomic E-state index is 0.0839. The lowest BCUT2D eigenvalue weighted by Crippen LogP contribution is -2.33. The lowest BCUT2D eigenvalue weighted by atomic mass is 9.93. The van der Waals surface area contributed by atoms with E-state index in [0.29, 0.717) is 30.9 Å². The van der Waals surface area contributed by atoms with Crippen molar-refractivity contribution < 1.29 is 18.8 Å². The Morgan fingerprint density at radius 3 is 2.67 bits per heavy atom. The standard InChI is InChI=1S/C24H26FN5O3/c1-13-12-27-24(33)21-20(13)17-10-14(4-7-19(17)29-21)22(31)28-15-5-6-16(18(25)11-15)23(32)26-8-9-30(2)3/h4-7,10-11,13,29H,8-9,12H2,1-3H3,(H,26,32)(H,27,33)(H,28,31). The molecule has 0 aliphatic carbocycles. The number of carbonyl (C=O) groups excluding carboxylic acids is 3. The fourth-order valence-electron chi connectivity index (χ4n) is 3.95. The molecule has 1 aliphatic heterocycles. The highest BCUT2D eigenvalue weighted by Gasteiger charge is 2.27. The van der Waals surface area contributed by atoms with Crippen LogP contribution in [-0.4, -0.2) is 61.3 Å². The maximum Gasteiger partial charge on any atom is 0.268 e. The van der Waals surface area contributed by atoms with Crippen LogP contribution in [0.5, 0.6) is 0 Å². The highest BCUT2D eigenvalue weighted by molar-refractivity contribution is 6.08. The van der Waals surface area contributed by atoms with Gasteiger partial charge < -0.3 is 25.8 Å². The van der Waals surface area contributed by atoms with Crippen LogP contribution in [0.4, 0.5) is 10.1 Å². The first-order valence-electron chi connectivity index (χ1n) is 10.7. The van der Waals surface area contributed by atoms with Crippen LogP contribution in [0.3, 0.4) is 0 Å². The lowest BCUT2D eigenvalue weighted by Gasteiger charge is -2.19. The van der Waals surface area contributed by atoms with E-state index in [1.807, 2.05) is 25.9 Å². The van der Waals surface area contributed by atoms with Gasteiger partial charge in [0, 0.05) is 47.7 Å². The van der Waals surface area contributed by atoms with E-state index in [4.69, 9.17) is 0 Å². The number of amides is 3. The first-order chi connectivity index (χ1) is 15.7. The predicted molar refractivity (Wildman–Crippen MR) is 124 cm³/mol. The molecular weight excluding hydrogens is 425 g/mol. The molecule has 2 aromatic carbocycles. The third kappa shape index (κ3) is 4.58. The SMILES string of the molecule is CC1CNC(=O)c2[nH]c3ccc(C(=O)Nc4ccc(C(=O)NCCN(C)C)c(F)c4)cc3c21. The second-order valence-electron chi connectivity index (χ2n) is 8.49. The van der Waals surface area contributed by atoms with Crippen LogP contribution in [0.1, 0.15) is 49.6 Å². The highest BCUT2D eigenvalue weighted by Crippen LogP contribution is 2.32. The summed E-state index contributed by atoms with van der Waals surface area (Å²) in [6.07, 6.45) is 0. The van der Waals surface area contributed by atoms with E-state index in [1.165, 1.54) is 12.1 Å². The second-order valence-corrected chi connectivity index (χ2v) is 8.49. The van der Waals surface area contributed by atoms with E-state index in [-0.39, 0.29) is 23.1 Å². The van der Waals surface area contributed by atoms with Gasteiger partial charge in [-0.1, -0.05) is 6.92 Å². The fraction of sp³-hybridized carbons (Fsp3) is 0.292. The summed E-state index contributed by atoms with van der Waals surface area (Å²) in [5.41, 5.74) is 2.72. The van der Waals surface area contributed by atoms with Crippen molar-refractivity contribution in [1.82, 2.24) is 20.5 Å². The van der Waals surface area contributed by atoms with Crippen molar-refractivity contribution >= 4 is 34.3 Å². The first-order valence-corrected chi connectivity index (χ1v) is 10.7. The third-order valence-electron chi connectivity index (χ3n) is 5.71. The minimum Gasteiger partial charge on any atom is -0.351 e. The molecule has 1 aromatic heterocycles. The van der Waals surface area contributed by atoms with Gasteiger partial charge in [0.15, 0.2) is 0 Å². The molecule has 1 unspecified atom stereocenters. The average Bonchev–Trinajstić information content (AvgIpc) is 3.16. The molecule has 33 heavy (non-hydrogen) atoms. The lowest BCUT2D eigenvalue weighted by molar-refractivity contribution is 0.0932. The maximum atomic E-state index is 14.5. The van der Waals surface area contributed by atoms with Crippen molar-refractivity contribution in [2.45, 2.75) is 12.8 Å². The molecular formula is C24H26FN5O3. The Bertz CT molecular complexity index is 1250. The molecule has 0 spiro atoms. The van der Waals surface area contributed by atoms with Gasteiger partial charge in [0.25, 0.3) is 17.7 Å². The summed E-state index contributed by atoms with van der Waals surface area (Å²) < 4.78 is 14.5. The largest absolute Gasteiger partial charge is 0.351 e. The number of benzene rings is 2. The molecule has 2 heterocycles. The van der Waals surface area contributed by atoms with Crippen LogP contribution in [0.25, 0.3) is 10.9 Å². The van der Waals surface area contributed by atoms with Crippen molar-refractivity contribution in [3.8, 4) is 0 Å². The first kappa shape index (κ1) is 22.5. The second kappa shape index (κ2) is 9.03. The Kier molecular flexibility index (Phi) is 6.15. The summed E-state index contributed by atoms with van der Waals surface area (Å²) in [6.45, 7) is 3.58. The van der Waals surface area contributed by atoms with Crippen LogP contribution in [-0.2, 0) is 0 Å². The number of aromatic amines is 1. The number of anilines is 1. The highest BCUT2D eigenvalue weighted by atomic mass is 19.1. The van der Waals surface area contributed by atoms with E-state index < -0.39 is 17.6 Å². The smallest absolute Gasteiger partial charge is 0.268 e.